The van der Waals surface area contributed by atoms with Gasteiger partial charge in [0.05, 0.1) is 0 Å². The van der Waals surface area contributed by atoms with E-state index in [0.29, 0.717) is 10.0 Å². The fourth-order valence-corrected chi connectivity index (χ4v) is 1.50. The van der Waals surface area contributed by atoms with Crippen molar-refractivity contribution in [3.8, 4) is 0 Å². The van der Waals surface area contributed by atoms with Crippen molar-refractivity contribution in [2.24, 2.45) is 0 Å². The molecule has 0 aliphatic heterocycles. The van der Waals surface area contributed by atoms with E-state index >= 15 is 0 Å². The van der Waals surface area contributed by atoms with Gasteiger partial charge >= 0.3 is 0 Å². The van der Waals surface area contributed by atoms with E-state index in [4.69, 9.17) is 0 Å². The summed E-state index contributed by atoms with van der Waals surface area (Å²) < 4.78 is 13.5. The number of carbonyl (C=O) groups excluding carboxylic acids is 1. The molecule has 0 radical (unpaired) electrons. The average Bonchev–Trinajstić information content (AvgIpc) is 2.00. The van der Waals surface area contributed by atoms with Crippen molar-refractivity contribution in [3.63, 3.8) is 0 Å². The summed E-state index contributed by atoms with van der Waals surface area (Å²) in [4.78, 5) is 11.5. The quantitative estimate of drug-likeness (QED) is 0.870. The van der Waals surface area contributed by atoms with Crippen LogP contribution in [0.1, 0.15) is 24.2 Å². The lowest BCUT2D eigenvalue weighted by Crippen LogP contribution is -2.30. The van der Waals surface area contributed by atoms with Crippen LogP contribution in [0.15, 0.2) is 22.7 Å². The van der Waals surface area contributed by atoms with Crippen molar-refractivity contribution >= 4 is 21.8 Å². The van der Waals surface area contributed by atoms with E-state index in [1.165, 1.54) is 12.1 Å². The number of hydrogen-bond donors (Lipinski definition) is 1. The van der Waals surface area contributed by atoms with Crippen LogP contribution in [0.3, 0.4) is 0 Å². The number of carbonyl (C=O) groups is 1. The van der Waals surface area contributed by atoms with Crippen LogP contribution in [0.4, 0.5) is 4.39 Å². The third-order valence-corrected chi connectivity index (χ3v) is 2.00. The van der Waals surface area contributed by atoms with E-state index in [2.05, 4.69) is 21.2 Å². The highest BCUT2D eigenvalue weighted by atomic mass is 79.9. The van der Waals surface area contributed by atoms with Crippen molar-refractivity contribution in [1.29, 1.82) is 0 Å². The van der Waals surface area contributed by atoms with E-state index in [-0.39, 0.29) is 11.9 Å². The van der Waals surface area contributed by atoms with Crippen LogP contribution in [0.5, 0.6) is 0 Å². The molecule has 1 amide bonds. The molecule has 2 nitrogen and oxygen atoms in total. The second-order valence-electron chi connectivity index (χ2n) is 3.29. The lowest BCUT2D eigenvalue weighted by atomic mass is 10.2. The third-order valence-electron chi connectivity index (χ3n) is 1.54. The number of benzene rings is 1. The molecule has 1 N–H and O–H groups in total. The van der Waals surface area contributed by atoms with Gasteiger partial charge in [-0.3, -0.25) is 4.79 Å². The maximum Gasteiger partial charge on any atom is 0.251 e. The lowest BCUT2D eigenvalue weighted by molar-refractivity contribution is 0.0942. The summed E-state index contributed by atoms with van der Waals surface area (Å²) in [5.41, 5.74) is 0.325. The fraction of sp³-hybridized carbons (Fsp3) is 0.300. The highest BCUT2D eigenvalue weighted by Gasteiger charge is 2.08. The number of hydrogen-bond acceptors (Lipinski definition) is 1. The third kappa shape index (κ3) is 3.10. The van der Waals surface area contributed by atoms with Crippen LogP contribution in [-0.2, 0) is 0 Å². The van der Waals surface area contributed by atoms with Gasteiger partial charge in [0.15, 0.2) is 0 Å². The van der Waals surface area contributed by atoms with Gasteiger partial charge in [-0.15, -0.1) is 0 Å². The molecular formula is C10H11BrFNO. The Morgan fingerprint density at radius 1 is 1.43 bits per heavy atom. The van der Waals surface area contributed by atoms with Crippen LogP contribution in [-0.4, -0.2) is 11.9 Å². The van der Waals surface area contributed by atoms with Crippen LogP contribution in [0.2, 0.25) is 0 Å². The van der Waals surface area contributed by atoms with Gasteiger partial charge in [0.25, 0.3) is 5.91 Å². The molecule has 1 rings (SSSR count). The Bertz CT molecular complexity index is 332. The SMILES string of the molecule is CC(C)NC(=O)c1cc(F)cc(Br)c1. The molecule has 14 heavy (non-hydrogen) atoms. The standard InChI is InChI=1S/C10H11BrFNO/c1-6(2)13-10(14)7-3-8(11)5-9(12)4-7/h3-6H,1-2H3,(H,13,14). The van der Waals surface area contributed by atoms with Crippen LogP contribution in [0, 0.1) is 5.82 Å². The van der Waals surface area contributed by atoms with Crippen molar-refractivity contribution in [2.75, 3.05) is 0 Å². The van der Waals surface area contributed by atoms with Crippen molar-refractivity contribution in [1.82, 2.24) is 5.32 Å². The largest absolute Gasteiger partial charge is 0.350 e. The molecule has 0 unspecified atom stereocenters. The molecule has 1 aromatic rings. The maximum absolute atomic E-state index is 12.9. The minimum Gasteiger partial charge on any atom is -0.350 e. The maximum atomic E-state index is 12.9. The summed E-state index contributed by atoms with van der Waals surface area (Å²) >= 11 is 3.13. The van der Waals surface area contributed by atoms with Crippen LogP contribution in [0.25, 0.3) is 0 Å². The van der Waals surface area contributed by atoms with Crippen molar-refractivity contribution in [3.05, 3.63) is 34.1 Å². The average molecular weight is 260 g/mol. The fourth-order valence-electron chi connectivity index (χ4n) is 1.03. The molecule has 4 heteroatoms. The molecule has 0 fully saturated rings. The van der Waals surface area contributed by atoms with E-state index in [0.717, 1.165) is 0 Å². The Balaban J connectivity index is 2.90. The molecule has 0 aromatic heterocycles. The molecule has 0 heterocycles. The van der Waals surface area contributed by atoms with Gasteiger partial charge in [-0.05, 0) is 32.0 Å². The first-order valence-corrected chi connectivity index (χ1v) is 5.05. The molecule has 1 aromatic carbocycles. The predicted molar refractivity (Wildman–Crippen MR) is 56.7 cm³/mol. The number of halogens is 2. The van der Waals surface area contributed by atoms with E-state index in [9.17, 15) is 9.18 Å². The minimum atomic E-state index is -0.423. The highest BCUT2D eigenvalue weighted by molar-refractivity contribution is 9.10. The summed E-state index contributed by atoms with van der Waals surface area (Å²) in [6.07, 6.45) is 0. The summed E-state index contributed by atoms with van der Waals surface area (Å²) in [5.74, 6) is -0.687. The molecule has 0 spiro atoms. The summed E-state index contributed by atoms with van der Waals surface area (Å²) in [5, 5.41) is 2.69. The Hall–Kier alpha value is -0.900. The van der Waals surface area contributed by atoms with Crippen LogP contribution >= 0.6 is 15.9 Å². The van der Waals surface area contributed by atoms with Crippen LogP contribution < -0.4 is 5.32 Å². The molecule has 76 valence electrons. The number of rotatable bonds is 2. The predicted octanol–water partition coefficient (Wildman–Crippen LogP) is 2.73. The van der Waals surface area contributed by atoms with Gasteiger partial charge in [-0.2, -0.15) is 0 Å². The van der Waals surface area contributed by atoms with Crippen molar-refractivity contribution in [2.45, 2.75) is 19.9 Å². The van der Waals surface area contributed by atoms with Gasteiger partial charge in [-0.1, -0.05) is 15.9 Å². The zero-order valence-corrected chi connectivity index (χ0v) is 9.56. The summed E-state index contributed by atoms with van der Waals surface area (Å²) in [7, 11) is 0. The van der Waals surface area contributed by atoms with Gasteiger partial charge in [0.2, 0.25) is 0 Å². The monoisotopic (exact) mass is 259 g/mol. The zero-order valence-electron chi connectivity index (χ0n) is 7.97. The van der Waals surface area contributed by atoms with Gasteiger partial charge < -0.3 is 5.32 Å². The Kier molecular flexibility index (Phi) is 3.63. The lowest BCUT2D eigenvalue weighted by Gasteiger charge is -2.08. The molecule has 0 saturated carbocycles. The molecule has 0 aliphatic carbocycles. The Labute approximate surface area is 90.6 Å². The summed E-state index contributed by atoms with van der Waals surface area (Å²) in [6, 6.07) is 4.15. The van der Waals surface area contributed by atoms with E-state index in [1.54, 1.807) is 6.07 Å². The molecule has 0 bridgehead atoms. The molecular weight excluding hydrogens is 249 g/mol. The Morgan fingerprint density at radius 2 is 2.07 bits per heavy atom. The smallest absolute Gasteiger partial charge is 0.251 e. The van der Waals surface area contributed by atoms with Gasteiger partial charge in [-0.25, -0.2) is 4.39 Å². The van der Waals surface area contributed by atoms with Crippen molar-refractivity contribution < 1.29 is 9.18 Å². The number of nitrogens with one attached hydrogen (secondary N) is 1. The second kappa shape index (κ2) is 4.55. The minimum absolute atomic E-state index is 0.0459. The van der Waals surface area contributed by atoms with Gasteiger partial charge in [0, 0.05) is 16.1 Å². The zero-order chi connectivity index (χ0) is 10.7. The van der Waals surface area contributed by atoms with Gasteiger partial charge in [0.1, 0.15) is 5.82 Å². The molecule has 0 atom stereocenters. The molecule has 0 saturated heterocycles. The summed E-state index contributed by atoms with van der Waals surface area (Å²) in [6.45, 7) is 3.71. The highest BCUT2D eigenvalue weighted by Crippen LogP contribution is 2.14. The normalized spacial score (nSPS) is 10.4. The van der Waals surface area contributed by atoms with E-state index in [1.807, 2.05) is 13.8 Å². The molecule has 0 aliphatic rings. The second-order valence-corrected chi connectivity index (χ2v) is 4.20. The Morgan fingerprint density at radius 3 is 2.57 bits per heavy atom. The van der Waals surface area contributed by atoms with E-state index < -0.39 is 5.82 Å². The first-order valence-electron chi connectivity index (χ1n) is 4.26. The number of amides is 1. The first-order chi connectivity index (χ1) is 6.49. The first kappa shape index (κ1) is 11.2. The topological polar surface area (TPSA) is 29.1 Å².